The van der Waals surface area contributed by atoms with E-state index < -0.39 is 5.91 Å². The number of carbonyl (C=O) groups is 1. The van der Waals surface area contributed by atoms with Crippen molar-refractivity contribution in [2.45, 2.75) is 0 Å². The molecule has 4 aromatic rings. The molecule has 3 aromatic heterocycles. The van der Waals surface area contributed by atoms with Crippen LogP contribution in [0.15, 0.2) is 53.5 Å². The number of imidazole rings is 1. The molecule has 5 rings (SSSR count). The smallest absolute Gasteiger partial charge is 0.328 e. The van der Waals surface area contributed by atoms with E-state index in [0.29, 0.717) is 5.69 Å². The molecule has 146 valence electrons. The highest BCUT2D eigenvalue weighted by Gasteiger charge is 2.20. The van der Waals surface area contributed by atoms with E-state index in [2.05, 4.69) is 35.7 Å². The Morgan fingerprint density at radius 3 is 2.90 bits per heavy atom. The molecule has 0 radical (unpaired) electrons. The summed E-state index contributed by atoms with van der Waals surface area (Å²) in [4.78, 5) is 23.3. The zero-order valence-electron chi connectivity index (χ0n) is 15.4. The summed E-state index contributed by atoms with van der Waals surface area (Å²) >= 11 is 0. The Morgan fingerprint density at radius 1 is 1.14 bits per heavy atom. The van der Waals surface area contributed by atoms with Crippen LogP contribution >= 0.6 is 0 Å². The van der Waals surface area contributed by atoms with Crippen LogP contribution in [0.4, 0.5) is 11.4 Å². The first-order valence-electron chi connectivity index (χ1n) is 9.26. The van der Waals surface area contributed by atoms with Crippen molar-refractivity contribution in [3.8, 4) is 6.01 Å². The van der Waals surface area contributed by atoms with Gasteiger partial charge in [0.25, 0.3) is 0 Å². The summed E-state index contributed by atoms with van der Waals surface area (Å²) in [5.41, 5.74) is 3.13. The topological polar surface area (TPSA) is 114 Å². The number of hydrogen-bond donors (Lipinski definition) is 2. The van der Waals surface area contributed by atoms with Crippen LogP contribution in [0.5, 0.6) is 0 Å². The Kier molecular flexibility index (Phi) is 4.37. The molecule has 29 heavy (non-hydrogen) atoms. The van der Waals surface area contributed by atoms with Gasteiger partial charge in [0.2, 0.25) is 0 Å². The van der Waals surface area contributed by atoms with Gasteiger partial charge in [0.05, 0.1) is 28.6 Å². The maximum Gasteiger partial charge on any atom is 0.328 e. The first kappa shape index (κ1) is 17.3. The Hall–Kier alpha value is -3.79. The van der Waals surface area contributed by atoms with Gasteiger partial charge in [-0.2, -0.15) is 0 Å². The average molecular weight is 390 g/mol. The summed E-state index contributed by atoms with van der Waals surface area (Å²) in [6.45, 7) is 3.49. The van der Waals surface area contributed by atoms with E-state index in [4.69, 9.17) is 4.42 Å². The molecule has 1 fully saturated rings. The van der Waals surface area contributed by atoms with Gasteiger partial charge in [-0.05, 0) is 18.2 Å². The van der Waals surface area contributed by atoms with Crippen molar-refractivity contribution in [1.29, 1.82) is 0 Å². The fourth-order valence-corrected chi connectivity index (χ4v) is 3.36. The SMILES string of the molecule is O=C(Nc1cnccc1N1CCNCC1)c1nnc(-n2cnc3ccccc32)o1. The Labute approximate surface area is 165 Å². The minimum Gasteiger partial charge on any atom is -0.398 e. The number of nitrogens with one attached hydrogen (secondary N) is 2. The van der Waals surface area contributed by atoms with E-state index in [1.165, 1.54) is 0 Å². The van der Waals surface area contributed by atoms with E-state index in [9.17, 15) is 4.79 Å². The summed E-state index contributed by atoms with van der Waals surface area (Å²) in [5.74, 6) is -0.620. The minimum atomic E-state index is -0.488. The third-order valence-electron chi connectivity index (χ3n) is 4.77. The number of hydrogen-bond acceptors (Lipinski definition) is 8. The van der Waals surface area contributed by atoms with Crippen LogP contribution in [-0.4, -0.2) is 56.8 Å². The highest BCUT2D eigenvalue weighted by molar-refractivity contribution is 6.02. The molecule has 1 aromatic carbocycles. The van der Waals surface area contributed by atoms with Crippen LogP contribution in [-0.2, 0) is 0 Å². The molecule has 0 saturated carbocycles. The lowest BCUT2D eigenvalue weighted by Gasteiger charge is -2.30. The van der Waals surface area contributed by atoms with Crippen LogP contribution in [0.25, 0.3) is 17.0 Å². The molecule has 10 heteroatoms. The lowest BCUT2D eigenvalue weighted by Crippen LogP contribution is -2.43. The van der Waals surface area contributed by atoms with Gasteiger partial charge < -0.3 is 20.0 Å². The molecular weight excluding hydrogens is 372 g/mol. The molecule has 1 amide bonds. The van der Waals surface area contributed by atoms with E-state index in [1.54, 1.807) is 23.3 Å². The van der Waals surface area contributed by atoms with Crippen LogP contribution < -0.4 is 15.5 Å². The predicted molar refractivity (Wildman–Crippen MR) is 106 cm³/mol. The zero-order valence-corrected chi connectivity index (χ0v) is 15.4. The van der Waals surface area contributed by atoms with Crippen LogP contribution in [0.3, 0.4) is 0 Å². The standard InChI is InChI=1S/C19H18N8O2/c28-17(23-14-11-21-6-5-15(14)26-9-7-20-8-10-26)18-24-25-19(29-18)27-12-22-13-3-1-2-4-16(13)27/h1-6,11-12,20H,7-10H2,(H,23,28). The highest BCUT2D eigenvalue weighted by atomic mass is 16.4. The highest BCUT2D eigenvalue weighted by Crippen LogP contribution is 2.25. The number of para-hydroxylation sites is 2. The first-order chi connectivity index (χ1) is 14.3. The fraction of sp³-hybridized carbons (Fsp3) is 0.211. The number of pyridine rings is 1. The van der Waals surface area contributed by atoms with E-state index in [0.717, 1.165) is 42.9 Å². The number of nitrogens with zero attached hydrogens (tertiary/aromatic N) is 6. The molecule has 0 aliphatic carbocycles. The van der Waals surface area contributed by atoms with E-state index in [-0.39, 0.29) is 11.9 Å². The zero-order chi connectivity index (χ0) is 19.6. The predicted octanol–water partition coefficient (Wildman–Crippen LogP) is 1.47. The summed E-state index contributed by atoms with van der Waals surface area (Å²) < 4.78 is 7.25. The Morgan fingerprint density at radius 2 is 2.00 bits per heavy atom. The molecule has 0 atom stereocenters. The second-order valence-electron chi connectivity index (χ2n) is 6.58. The summed E-state index contributed by atoms with van der Waals surface area (Å²) in [6.07, 6.45) is 4.92. The van der Waals surface area contributed by atoms with Crippen molar-refractivity contribution in [2.75, 3.05) is 36.4 Å². The normalized spacial score (nSPS) is 14.3. The van der Waals surface area contributed by atoms with Gasteiger partial charge in [-0.3, -0.25) is 14.3 Å². The van der Waals surface area contributed by atoms with Gasteiger partial charge in [0.15, 0.2) is 0 Å². The van der Waals surface area contributed by atoms with Gasteiger partial charge in [-0.25, -0.2) is 4.98 Å². The number of piperazine rings is 1. The molecule has 4 heterocycles. The van der Waals surface area contributed by atoms with Crippen molar-refractivity contribution in [3.63, 3.8) is 0 Å². The van der Waals surface area contributed by atoms with Gasteiger partial charge >= 0.3 is 17.8 Å². The molecule has 0 spiro atoms. The van der Waals surface area contributed by atoms with Crippen molar-refractivity contribution < 1.29 is 9.21 Å². The van der Waals surface area contributed by atoms with E-state index in [1.807, 2.05) is 30.3 Å². The number of carbonyl (C=O) groups excluding carboxylic acids is 1. The van der Waals surface area contributed by atoms with Crippen molar-refractivity contribution in [3.05, 3.63) is 54.9 Å². The molecule has 0 bridgehead atoms. The molecule has 1 aliphatic rings. The first-order valence-corrected chi connectivity index (χ1v) is 9.26. The summed E-state index contributed by atoms with van der Waals surface area (Å²) in [7, 11) is 0. The molecular formula is C19H18N8O2. The Balaban J connectivity index is 1.39. The maximum absolute atomic E-state index is 12.7. The average Bonchev–Trinajstić information content (AvgIpc) is 3.42. The molecule has 10 nitrogen and oxygen atoms in total. The van der Waals surface area contributed by atoms with Crippen molar-refractivity contribution in [2.24, 2.45) is 0 Å². The van der Waals surface area contributed by atoms with Crippen molar-refractivity contribution in [1.82, 2.24) is 30.0 Å². The molecule has 1 aliphatic heterocycles. The largest absolute Gasteiger partial charge is 0.398 e. The van der Waals surface area contributed by atoms with Gasteiger partial charge in [-0.1, -0.05) is 17.2 Å². The second-order valence-corrected chi connectivity index (χ2v) is 6.58. The number of amides is 1. The third-order valence-corrected chi connectivity index (χ3v) is 4.77. The number of fused-ring (bicyclic) bond motifs is 1. The van der Waals surface area contributed by atoms with Crippen LogP contribution in [0.2, 0.25) is 0 Å². The molecule has 1 saturated heterocycles. The maximum atomic E-state index is 12.7. The van der Waals surface area contributed by atoms with Gasteiger partial charge in [-0.15, -0.1) is 5.10 Å². The van der Waals surface area contributed by atoms with Gasteiger partial charge in [0.1, 0.15) is 6.33 Å². The monoisotopic (exact) mass is 390 g/mol. The van der Waals surface area contributed by atoms with E-state index >= 15 is 0 Å². The summed E-state index contributed by atoms with van der Waals surface area (Å²) in [5, 5.41) is 14.0. The number of anilines is 2. The number of benzene rings is 1. The van der Waals surface area contributed by atoms with Crippen LogP contribution in [0, 0.1) is 0 Å². The third kappa shape index (κ3) is 3.29. The minimum absolute atomic E-state index is 0.132. The van der Waals surface area contributed by atoms with Crippen molar-refractivity contribution >= 4 is 28.3 Å². The number of aromatic nitrogens is 5. The fourth-order valence-electron chi connectivity index (χ4n) is 3.36. The van der Waals surface area contributed by atoms with Crippen LogP contribution in [0.1, 0.15) is 10.7 Å². The Bertz CT molecular complexity index is 1160. The lowest BCUT2D eigenvalue weighted by atomic mass is 10.2. The number of rotatable bonds is 4. The van der Waals surface area contributed by atoms with Gasteiger partial charge in [0, 0.05) is 32.4 Å². The lowest BCUT2D eigenvalue weighted by molar-refractivity contribution is 0.0990. The molecule has 2 N–H and O–H groups in total. The molecule has 0 unspecified atom stereocenters. The quantitative estimate of drug-likeness (QED) is 0.538. The second kappa shape index (κ2) is 7.32. The summed E-state index contributed by atoms with van der Waals surface area (Å²) in [6, 6.07) is 9.63.